The number of rotatable bonds is 6. The van der Waals surface area contributed by atoms with Crippen LogP contribution in [0.4, 0.5) is 4.39 Å². The largest absolute Gasteiger partial charge is 0.354 e. The lowest BCUT2D eigenvalue weighted by molar-refractivity contribution is -0.121. The van der Waals surface area contributed by atoms with Crippen molar-refractivity contribution in [2.45, 2.75) is 38.3 Å². The first-order chi connectivity index (χ1) is 10.2. The van der Waals surface area contributed by atoms with Crippen molar-refractivity contribution in [1.82, 2.24) is 15.2 Å². The van der Waals surface area contributed by atoms with Gasteiger partial charge in [-0.15, -0.1) is 0 Å². The summed E-state index contributed by atoms with van der Waals surface area (Å²) in [5, 5.41) is 2.93. The summed E-state index contributed by atoms with van der Waals surface area (Å²) in [6.07, 6.45) is 6.61. The van der Waals surface area contributed by atoms with E-state index < -0.39 is 0 Å². The molecule has 5 nitrogen and oxygen atoms in total. The van der Waals surface area contributed by atoms with E-state index in [2.05, 4.69) is 15.2 Å². The third-order valence-corrected chi connectivity index (χ3v) is 3.80. The summed E-state index contributed by atoms with van der Waals surface area (Å²) in [5.74, 6) is -0.312. The minimum atomic E-state index is -0.308. The fraction of sp³-hybridized carbons (Fsp3) is 0.600. The van der Waals surface area contributed by atoms with E-state index >= 15 is 0 Å². The fourth-order valence-electron chi connectivity index (χ4n) is 2.73. The second-order valence-corrected chi connectivity index (χ2v) is 5.47. The fourth-order valence-corrected chi connectivity index (χ4v) is 2.73. The highest BCUT2D eigenvalue weighted by Gasteiger charge is 2.22. The maximum absolute atomic E-state index is 13.2. The van der Waals surface area contributed by atoms with E-state index in [4.69, 9.17) is 5.73 Å². The molecule has 2 heterocycles. The molecule has 6 heteroatoms. The number of nitrogens with one attached hydrogen (secondary N) is 1. The van der Waals surface area contributed by atoms with Gasteiger partial charge in [-0.25, -0.2) is 4.39 Å². The van der Waals surface area contributed by atoms with Crippen molar-refractivity contribution in [3.63, 3.8) is 0 Å². The molecular formula is C15H23FN4O. The highest BCUT2D eigenvalue weighted by atomic mass is 19.1. The molecule has 1 amide bonds. The third-order valence-electron chi connectivity index (χ3n) is 3.80. The molecule has 21 heavy (non-hydrogen) atoms. The van der Waals surface area contributed by atoms with Gasteiger partial charge in [0.25, 0.3) is 0 Å². The van der Waals surface area contributed by atoms with Crippen molar-refractivity contribution in [2.75, 3.05) is 19.6 Å². The number of aromatic nitrogens is 1. The molecule has 0 radical (unpaired) electrons. The number of hydrogen-bond donors (Lipinski definition) is 2. The Bertz CT molecular complexity index is 469. The molecule has 1 aromatic rings. The number of halogens is 1. The number of nitrogens with zero attached hydrogens (tertiary/aromatic N) is 2. The number of carbonyl (C=O) groups excluding carboxylic acids is 1. The Kier molecular flexibility index (Phi) is 6.07. The number of likely N-dealkylation sites (tertiary alicyclic amines) is 1. The van der Waals surface area contributed by atoms with Gasteiger partial charge in [0, 0.05) is 38.3 Å². The molecule has 1 atom stereocenters. The molecule has 116 valence electrons. The van der Waals surface area contributed by atoms with Crippen LogP contribution < -0.4 is 11.1 Å². The summed E-state index contributed by atoms with van der Waals surface area (Å²) >= 11 is 0. The van der Waals surface area contributed by atoms with Crippen LogP contribution in [-0.4, -0.2) is 41.5 Å². The molecule has 0 spiro atoms. The minimum Gasteiger partial charge on any atom is -0.354 e. The summed E-state index contributed by atoms with van der Waals surface area (Å²) in [6, 6.07) is 1.81. The second-order valence-electron chi connectivity index (χ2n) is 5.47. The zero-order valence-electron chi connectivity index (χ0n) is 12.2. The molecule has 1 saturated heterocycles. The number of pyridine rings is 1. The molecule has 0 aliphatic carbocycles. The SMILES string of the molecule is NCCC(=O)NCC1CCCCN1Cc1cncc(F)c1. The first-order valence-electron chi connectivity index (χ1n) is 7.49. The Morgan fingerprint density at radius 2 is 2.33 bits per heavy atom. The molecule has 1 unspecified atom stereocenters. The van der Waals surface area contributed by atoms with Crippen LogP contribution in [0.1, 0.15) is 31.2 Å². The van der Waals surface area contributed by atoms with E-state index in [9.17, 15) is 9.18 Å². The quantitative estimate of drug-likeness (QED) is 0.822. The van der Waals surface area contributed by atoms with Crippen LogP contribution in [-0.2, 0) is 11.3 Å². The Labute approximate surface area is 124 Å². The van der Waals surface area contributed by atoms with Crippen molar-refractivity contribution in [3.8, 4) is 0 Å². The lowest BCUT2D eigenvalue weighted by atomic mass is 10.0. The zero-order chi connectivity index (χ0) is 15.1. The van der Waals surface area contributed by atoms with Gasteiger partial charge in [0.05, 0.1) is 6.20 Å². The predicted molar refractivity (Wildman–Crippen MR) is 78.9 cm³/mol. The van der Waals surface area contributed by atoms with Gasteiger partial charge in [0.15, 0.2) is 0 Å². The Hall–Kier alpha value is -1.53. The smallest absolute Gasteiger partial charge is 0.221 e. The number of piperidine rings is 1. The van der Waals surface area contributed by atoms with E-state index in [0.717, 1.165) is 31.4 Å². The van der Waals surface area contributed by atoms with Gasteiger partial charge in [0.2, 0.25) is 5.91 Å². The van der Waals surface area contributed by atoms with Crippen LogP contribution in [0.25, 0.3) is 0 Å². The molecule has 0 bridgehead atoms. The van der Waals surface area contributed by atoms with Crippen molar-refractivity contribution >= 4 is 5.91 Å². The lowest BCUT2D eigenvalue weighted by Crippen LogP contribution is -2.46. The van der Waals surface area contributed by atoms with Crippen molar-refractivity contribution in [1.29, 1.82) is 0 Å². The molecule has 3 N–H and O–H groups in total. The van der Waals surface area contributed by atoms with E-state index in [1.165, 1.54) is 12.3 Å². The highest BCUT2D eigenvalue weighted by molar-refractivity contribution is 5.76. The Balaban J connectivity index is 1.90. The predicted octanol–water partition coefficient (Wildman–Crippen LogP) is 1.04. The van der Waals surface area contributed by atoms with Crippen molar-refractivity contribution in [2.24, 2.45) is 5.73 Å². The van der Waals surface area contributed by atoms with Crippen LogP contribution in [0.3, 0.4) is 0 Å². The van der Waals surface area contributed by atoms with Gasteiger partial charge in [-0.2, -0.15) is 0 Å². The molecule has 2 rings (SSSR count). The van der Waals surface area contributed by atoms with E-state index in [1.54, 1.807) is 6.20 Å². The van der Waals surface area contributed by atoms with Crippen LogP contribution >= 0.6 is 0 Å². The topological polar surface area (TPSA) is 71.2 Å². The van der Waals surface area contributed by atoms with Gasteiger partial charge in [-0.05, 0) is 31.0 Å². The lowest BCUT2D eigenvalue weighted by Gasteiger charge is -2.35. The number of nitrogens with two attached hydrogens (primary N) is 1. The van der Waals surface area contributed by atoms with E-state index in [-0.39, 0.29) is 11.7 Å². The second kappa shape index (κ2) is 8.05. The normalized spacial score (nSPS) is 19.4. The van der Waals surface area contributed by atoms with Gasteiger partial charge in [-0.3, -0.25) is 14.7 Å². The maximum Gasteiger partial charge on any atom is 0.221 e. The summed E-state index contributed by atoms with van der Waals surface area (Å²) in [4.78, 5) is 17.7. The maximum atomic E-state index is 13.2. The average Bonchev–Trinajstić information content (AvgIpc) is 2.47. The van der Waals surface area contributed by atoms with E-state index in [1.807, 2.05) is 0 Å². The summed E-state index contributed by atoms with van der Waals surface area (Å²) in [6.45, 7) is 2.63. The molecule has 0 aromatic carbocycles. The summed E-state index contributed by atoms with van der Waals surface area (Å²) in [7, 11) is 0. The van der Waals surface area contributed by atoms with Crippen LogP contribution in [0.2, 0.25) is 0 Å². The number of amides is 1. The average molecular weight is 294 g/mol. The monoisotopic (exact) mass is 294 g/mol. The van der Waals surface area contributed by atoms with Crippen molar-refractivity contribution in [3.05, 3.63) is 29.8 Å². The van der Waals surface area contributed by atoms with Crippen LogP contribution in [0.15, 0.2) is 18.5 Å². The molecule has 1 aromatic heterocycles. The minimum absolute atomic E-state index is 0.00422. The highest BCUT2D eigenvalue weighted by Crippen LogP contribution is 2.19. The van der Waals surface area contributed by atoms with Gasteiger partial charge < -0.3 is 11.1 Å². The van der Waals surface area contributed by atoms with Crippen LogP contribution in [0.5, 0.6) is 0 Å². The van der Waals surface area contributed by atoms with E-state index in [0.29, 0.717) is 32.1 Å². The molecule has 1 aliphatic heterocycles. The standard InChI is InChI=1S/C15H23FN4O/c16-13-7-12(8-18-9-13)11-20-6-2-1-3-14(20)10-19-15(21)4-5-17/h7-9,14H,1-6,10-11,17H2,(H,19,21). The Morgan fingerprint density at radius 3 is 3.10 bits per heavy atom. The number of hydrogen-bond acceptors (Lipinski definition) is 4. The summed E-state index contributed by atoms with van der Waals surface area (Å²) in [5.41, 5.74) is 6.24. The first-order valence-corrected chi connectivity index (χ1v) is 7.49. The van der Waals surface area contributed by atoms with Gasteiger partial charge in [-0.1, -0.05) is 6.42 Å². The van der Waals surface area contributed by atoms with Crippen LogP contribution in [0, 0.1) is 5.82 Å². The molecular weight excluding hydrogens is 271 g/mol. The molecule has 1 aliphatic rings. The summed E-state index contributed by atoms with van der Waals surface area (Å²) < 4.78 is 13.2. The van der Waals surface area contributed by atoms with Gasteiger partial charge in [0.1, 0.15) is 5.82 Å². The molecule has 1 fully saturated rings. The first kappa shape index (κ1) is 15.9. The Morgan fingerprint density at radius 1 is 1.48 bits per heavy atom. The third kappa shape index (κ3) is 5.06. The zero-order valence-corrected chi connectivity index (χ0v) is 12.2. The van der Waals surface area contributed by atoms with Crippen molar-refractivity contribution < 1.29 is 9.18 Å². The number of carbonyl (C=O) groups is 1. The van der Waals surface area contributed by atoms with Gasteiger partial charge >= 0.3 is 0 Å². The molecule has 0 saturated carbocycles.